The molecule has 116 valence electrons. The summed E-state index contributed by atoms with van der Waals surface area (Å²) in [5.41, 5.74) is 5.96. The summed E-state index contributed by atoms with van der Waals surface area (Å²) in [6.45, 7) is 14.3. The van der Waals surface area contributed by atoms with E-state index in [1.54, 1.807) is 0 Å². The Bertz CT molecular complexity index is 712. The molecular weight excluding hydrogens is 332 g/mol. The molecule has 0 fully saturated rings. The van der Waals surface area contributed by atoms with Crippen LogP contribution in [0, 0.1) is 10.8 Å². The summed E-state index contributed by atoms with van der Waals surface area (Å²) in [4.78, 5) is 0. The Hall–Kier alpha value is -1.08. The number of hydrogen-bond donors (Lipinski definition) is 0. The van der Waals surface area contributed by atoms with Gasteiger partial charge in [-0.25, -0.2) is 0 Å². The van der Waals surface area contributed by atoms with Crippen LogP contribution in [0.4, 0.5) is 0 Å². The summed E-state index contributed by atoms with van der Waals surface area (Å²) in [6, 6.07) is 15.7. The fraction of sp³-hybridized carbons (Fsp3) is 0.429. The molecular formula is C21H25Br. The number of benzene rings is 2. The maximum Gasteiger partial charge on any atom is 0.0312 e. The van der Waals surface area contributed by atoms with E-state index in [2.05, 4.69) is 99.9 Å². The largest absolute Gasteiger partial charge is 0.0619 e. The molecule has 1 aliphatic rings. The van der Waals surface area contributed by atoms with Crippen LogP contribution in [0.25, 0.3) is 11.1 Å². The predicted molar refractivity (Wildman–Crippen MR) is 99.3 cm³/mol. The minimum absolute atomic E-state index is 0.00426. The van der Waals surface area contributed by atoms with Crippen LogP contribution in [0.1, 0.15) is 52.7 Å². The fourth-order valence-electron chi connectivity index (χ4n) is 4.99. The van der Waals surface area contributed by atoms with E-state index in [1.165, 1.54) is 22.3 Å². The maximum absolute atomic E-state index is 3.69. The molecule has 0 aliphatic heterocycles. The van der Waals surface area contributed by atoms with Crippen molar-refractivity contribution in [3.05, 3.63) is 58.1 Å². The summed E-state index contributed by atoms with van der Waals surface area (Å²) in [5.74, 6) is 0. The van der Waals surface area contributed by atoms with E-state index in [-0.39, 0.29) is 16.2 Å². The fourth-order valence-corrected chi connectivity index (χ4v) is 5.35. The van der Waals surface area contributed by atoms with Gasteiger partial charge in [-0.05, 0) is 45.2 Å². The van der Waals surface area contributed by atoms with Crippen molar-refractivity contribution < 1.29 is 0 Å². The first-order valence-electron chi connectivity index (χ1n) is 8.00. The van der Waals surface area contributed by atoms with Crippen molar-refractivity contribution in [3.63, 3.8) is 0 Å². The Morgan fingerprint density at radius 1 is 0.727 bits per heavy atom. The van der Waals surface area contributed by atoms with E-state index < -0.39 is 0 Å². The Morgan fingerprint density at radius 2 is 1.27 bits per heavy atom. The first-order chi connectivity index (χ1) is 10.1. The Balaban J connectivity index is 2.52. The molecule has 0 amide bonds. The summed E-state index contributed by atoms with van der Waals surface area (Å²) >= 11 is 3.69. The molecule has 22 heavy (non-hydrogen) atoms. The van der Waals surface area contributed by atoms with Gasteiger partial charge in [0.2, 0.25) is 0 Å². The standard InChI is InChI=1S/C21H25Br/c1-19(2,3)21(20(4,5)6)17-10-8-7-9-15(17)16-12-11-14(22)13-18(16)21/h7-13H,1-6H3. The van der Waals surface area contributed by atoms with Gasteiger partial charge in [0.25, 0.3) is 0 Å². The molecule has 0 aromatic heterocycles. The number of fused-ring (bicyclic) bond motifs is 3. The maximum atomic E-state index is 3.69. The minimum atomic E-state index is -0.00426. The summed E-state index contributed by atoms with van der Waals surface area (Å²) in [5, 5.41) is 0. The van der Waals surface area contributed by atoms with Gasteiger partial charge in [0.05, 0.1) is 0 Å². The molecule has 0 nitrogen and oxygen atoms in total. The first kappa shape index (κ1) is 15.8. The highest BCUT2D eigenvalue weighted by molar-refractivity contribution is 9.10. The van der Waals surface area contributed by atoms with Crippen LogP contribution in [0.15, 0.2) is 46.9 Å². The number of halogens is 1. The molecule has 0 N–H and O–H groups in total. The predicted octanol–water partition coefficient (Wildman–Crippen LogP) is 6.81. The Labute approximate surface area is 143 Å². The van der Waals surface area contributed by atoms with Gasteiger partial charge in [-0.1, -0.05) is 87.8 Å². The second kappa shape index (κ2) is 4.71. The van der Waals surface area contributed by atoms with Crippen molar-refractivity contribution >= 4 is 15.9 Å². The zero-order valence-corrected chi connectivity index (χ0v) is 16.0. The van der Waals surface area contributed by atoms with E-state index in [0.29, 0.717) is 0 Å². The van der Waals surface area contributed by atoms with E-state index in [1.807, 2.05) is 0 Å². The Morgan fingerprint density at radius 3 is 1.86 bits per heavy atom. The zero-order valence-electron chi connectivity index (χ0n) is 14.4. The lowest BCUT2D eigenvalue weighted by Crippen LogP contribution is -2.49. The van der Waals surface area contributed by atoms with Gasteiger partial charge in [-0.15, -0.1) is 0 Å². The summed E-state index contributed by atoms with van der Waals surface area (Å²) in [6.07, 6.45) is 0. The zero-order chi connectivity index (χ0) is 16.3. The van der Waals surface area contributed by atoms with Crippen LogP contribution in [-0.2, 0) is 5.41 Å². The average molecular weight is 357 g/mol. The highest BCUT2D eigenvalue weighted by Gasteiger charge is 2.57. The molecule has 2 aromatic carbocycles. The quantitative estimate of drug-likeness (QED) is 0.486. The van der Waals surface area contributed by atoms with Gasteiger partial charge in [0.1, 0.15) is 0 Å². The lowest BCUT2D eigenvalue weighted by Gasteiger charge is -2.53. The Kier molecular flexibility index (Phi) is 3.38. The van der Waals surface area contributed by atoms with Crippen molar-refractivity contribution in [1.82, 2.24) is 0 Å². The molecule has 1 aliphatic carbocycles. The third-order valence-corrected chi connectivity index (χ3v) is 5.75. The van der Waals surface area contributed by atoms with E-state index >= 15 is 0 Å². The lowest BCUT2D eigenvalue weighted by atomic mass is 9.50. The second-order valence-electron chi connectivity index (χ2n) is 8.49. The van der Waals surface area contributed by atoms with Crippen molar-refractivity contribution in [1.29, 1.82) is 0 Å². The molecule has 0 unspecified atom stereocenters. The summed E-state index contributed by atoms with van der Waals surface area (Å²) in [7, 11) is 0. The van der Waals surface area contributed by atoms with Crippen LogP contribution in [0.5, 0.6) is 0 Å². The number of rotatable bonds is 0. The topological polar surface area (TPSA) is 0 Å². The first-order valence-corrected chi connectivity index (χ1v) is 8.80. The molecule has 0 atom stereocenters. The van der Waals surface area contributed by atoms with Gasteiger partial charge in [0, 0.05) is 9.89 Å². The van der Waals surface area contributed by atoms with Crippen LogP contribution in [0.2, 0.25) is 0 Å². The van der Waals surface area contributed by atoms with Gasteiger partial charge < -0.3 is 0 Å². The molecule has 0 bridgehead atoms. The molecule has 0 saturated heterocycles. The van der Waals surface area contributed by atoms with Crippen molar-refractivity contribution in [3.8, 4) is 11.1 Å². The van der Waals surface area contributed by atoms with Gasteiger partial charge in [-0.2, -0.15) is 0 Å². The van der Waals surface area contributed by atoms with Gasteiger partial charge >= 0.3 is 0 Å². The molecule has 0 radical (unpaired) electrons. The van der Waals surface area contributed by atoms with Crippen LogP contribution < -0.4 is 0 Å². The van der Waals surface area contributed by atoms with Crippen LogP contribution in [0.3, 0.4) is 0 Å². The highest BCUT2D eigenvalue weighted by Crippen LogP contribution is 2.64. The number of hydrogen-bond acceptors (Lipinski definition) is 0. The third kappa shape index (κ3) is 1.88. The minimum Gasteiger partial charge on any atom is -0.0619 e. The molecule has 0 saturated carbocycles. The van der Waals surface area contributed by atoms with Crippen molar-refractivity contribution in [2.24, 2.45) is 10.8 Å². The van der Waals surface area contributed by atoms with E-state index in [0.717, 1.165) is 4.47 Å². The normalized spacial score (nSPS) is 16.3. The molecule has 0 heterocycles. The average Bonchev–Trinajstić information content (AvgIpc) is 2.67. The van der Waals surface area contributed by atoms with Gasteiger partial charge in [-0.3, -0.25) is 0 Å². The smallest absolute Gasteiger partial charge is 0.0312 e. The van der Waals surface area contributed by atoms with Gasteiger partial charge in [0.15, 0.2) is 0 Å². The van der Waals surface area contributed by atoms with Crippen molar-refractivity contribution in [2.75, 3.05) is 0 Å². The molecule has 2 aromatic rings. The molecule has 3 rings (SSSR count). The third-order valence-electron chi connectivity index (χ3n) is 5.26. The summed E-state index contributed by atoms with van der Waals surface area (Å²) < 4.78 is 1.16. The second-order valence-corrected chi connectivity index (χ2v) is 9.40. The monoisotopic (exact) mass is 356 g/mol. The lowest BCUT2D eigenvalue weighted by molar-refractivity contribution is 0.0950. The highest BCUT2D eigenvalue weighted by atomic mass is 79.9. The molecule has 0 spiro atoms. The van der Waals surface area contributed by atoms with Crippen LogP contribution >= 0.6 is 15.9 Å². The molecule has 1 heteroatoms. The SMILES string of the molecule is CC(C)(C)C1(C(C)(C)C)c2ccccc2-c2ccc(Br)cc21. The van der Waals surface area contributed by atoms with E-state index in [9.17, 15) is 0 Å². The van der Waals surface area contributed by atoms with Crippen LogP contribution in [-0.4, -0.2) is 0 Å². The van der Waals surface area contributed by atoms with E-state index in [4.69, 9.17) is 0 Å². The van der Waals surface area contributed by atoms with Crippen molar-refractivity contribution in [2.45, 2.75) is 47.0 Å².